The van der Waals surface area contributed by atoms with E-state index in [1.54, 1.807) is 60.3 Å². The lowest BCUT2D eigenvalue weighted by Crippen LogP contribution is -2.32. The molecule has 0 radical (unpaired) electrons. The lowest BCUT2D eigenvalue weighted by molar-refractivity contribution is -0.141. The van der Waals surface area contributed by atoms with Crippen molar-refractivity contribution in [3.63, 3.8) is 0 Å². The van der Waals surface area contributed by atoms with Crippen LogP contribution in [-0.4, -0.2) is 55.1 Å². The molecule has 1 amide bonds. The highest BCUT2D eigenvalue weighted by atomic mass is 32.2. The zero-order valence-corrected chi connectivity index (χ0v) is 22.7. The second-order valence-corrected chi connectivity index (χ2v) is 9.15. The molecule has 3 aromatic rings. The van der Waals surface area contributed by atoms with Gasteiger partial charge in [-0.25, -0.2) is 4.79 Å². The van der Waals surface area contributed by atoms with Gasteiger partial charge in [-0.2, -0.15) is 12.6 Å². The van der Waals surface area contributed by atoms with Crippen LogP contribution in [0.3, 0.4) is 0 Å². The maximum atomic E-state index is 13.0. The van der Waals surface area contributed by atoms with Crippen molar-refractivity contribution in [2.24, 2.45) is 0 Å². The Bertz CT molecular complexity index is 1130. The molecule has 0 spiro atoms. The standard InChI is InChI=1S/C28H31NO7S2/c1-38-24-13-9-21(10-14-24)29-28(32)36-27(20-7-11-22(12-8-20)33-18-16-30)25(15-17-34-26(31)19-37)35-23-5-3-2-4-6-23/h2-14,25,27,30,37H,15-19H2,1H3,(H,29,32)/t25-,27-/m0/s1. The summed E-state index contributed by atoms with van der Waals surface area (Å²) >= 11 is 5.55. The number of benzene rings is 3. The van der Waals surface area contributed by atoms with Gasteiger partial charge in [-0.1, -0.05) is 30.3 Å². The number of anilines is 1. The molecular formula is C28H31NO7S2. The molecule has 0 aromatic heterocycles. The predicted molar refractivity (Wildman–Crippen MR) is 150 cm³/mol. The zero-order chi connectivity index (χ0) is 27.2. The molecular weight excluding hydrogens is 526 g/mol. The van der Waals surface area contributed by atoms with Crippen molar-refractivity contribution < 1.29 is 33.6 Å². The van der Waals surface area contributed by atoms with E-state index in [0.29, 0.717) is 22.7 Å². The highest BCUT2D eigenvalue weighted by Crippen LogP contribution is 2.30. The largest absolute Gasteiger partial charge is 0.491 e. The Morgan fingerprint density at radius 1 is 0.947 bits per heavy atom. The van der Waals surface area contributed by atoms with Gasteiger partial charge in [0, 0.05) is 17.0 Å². The van der Waals surface area contributed by atoms with Gasteiger partial charge in [0.15, 0.2) is 6.10 Å². The summed E-state index contributed by atoms with van der Waals surface area (Å²) in [6.45, 7) is 0.100. The van der Waals surface area contributed by atoms with Gasteiger partial charge in [0.05, 0.1) is 19.0 Å². The topological polar surface area (TPSA) is 103 Å². The number of para-hydroxylation sites is 1. The second-order valence-electron chi connectivity index (χ2n) is 7.96. The number of hydrogen-bond acceptors (Lipinski definition) is 9. The minimum Gasteiger partial charge on any atom is -0.491 e. The molecule has 0 aliphatic heterocycles. The van der Waals surface area contributed by atoms with Crippen LogP contribution < -0.4 is 14.8 Å². The van der Waals surface area contributed by atoms with Crippen LogP contribution in [0.15, 0.2) is 83.8 Å². The summed E-state index contributed by atoms with van der Waals surface area (Å²) in [5.74, 6) is 0.628. The molecule has 0 saturated carbocycles. The first-order chi connectivity index (χ1) is 18.5. The molecule has 3 aromatic carbocycles. The Balaban J connectivity index is 1.86. The molecule has 0 fully saturated rings. The van der Waals surface area contributed by atoms with Crippen molar-refractivity contribution in [1.82, 2.24) is 0 Å². The van der Waals surface area contributed by atoms with Gasteiger partial charge < -0.3 is 24.1 Å². The van der Waals surface area contributed by atoms with Gasteiger partial charge >= 0.3 is 12.1 Å². The number of rotatable bonds is 14. The van der Waals surface area contributed by atoms with Crippen molar-refractivity contribution in [3.05, 3.63) is 84.4 Å². The monoisotopic (exact) mass is 557 g/mol. The van der Waals surface area contributed by atoms with E-state index in [1.807, 2.05) is 36.6 Å². The Morgan fingerprint density at radius 3 is 2.29 bits per heavy atom. The van der Waals surface area contributed by atoms with E-state index in [1.165, 1.54) is 0 Å². The van der Waals surface area contributed by atoms with Crippen molar-refractivity contribution in [3.8, 4) is 11.5 Å². The number of amides is 1. The van der Waals surface area contributed by atoms with E-state index in [9.17, 15) is 9.59 Å². The molecule has 10 heteroatoms. The minimum absolute atomic E-state index is 0.0445. The highest BCUT2D eigenvalue weighted by Gasteiger charge is 2.30. The van der Waals surface area contributed by atoms with Crippen molar-refractivity contribution in [2.45, 2.75) is 23.5 Å². The average molecular weight is 558 g/mol. The number of hydrogen-bond donors (Lipinski definition) is 3. The number of nitrogens with one attached hydrogen (secondary N) is 1. The number of esters is 1. The molecule has 0 bridgehead atoms. The van der Waals surface area contributed by atoms with E-state index in [4.69, 9.17) is 24.1 Å². The van der Waals surface area contributed by atoms with E-state index >= 15 is 0 Å². The average Bonchev–Trinajstić information content (AvgIpc) is 2.95. The number of thiol groups is 1. The minimum atomic E-state index is -0.859. The summed E-state index contributed by atoms with van der Waals surface area (Å²) in [6, 6.07) is 23.5. The van der Waals surface area contributed by atoms with Crippen LogP contribution in [0.2, 0.25) is 0 Å². The van der Waals surface area contributed by atoms with E-state index in [2.05, 4.69) is 17.9 Å². The fraction of sp³-hybridized carbons (Fsp3) is 0.286. The molecule has 202 valence electrons. The third-order valence-electron chi connectivity index (χ3n) is 5.30. The second kappa shape index (κ2) is 15.8. The predicted octanol–water partition coefficient (Wildman–Crippen LogP) is 5.38. The SMILES string of the molecule is CSc1ccc(NC(=O)O[C@@H](c2ccc(OCCO)cc2)[C@H](CCOC(=O)CS)Oc2ccccc2)cc1. The smallest absolute Gasteiger partial charge is 0.412 e. The molecule has 0 heterocycles. The summed E-state index contributed by atoms with van der Waals surface area (Å²) in [7, 11) is 0. The normalized spacial score (nSPS) is 12.2. The fourth-order valence-electron chi connectivity index (χ4n) is 3.49. The molecule has 2 atom stereocenters. The van der Waals surface area contributed by atoms with Crippen LogP contribution in [0.1, 0.15) is 18.1 Å². The van der Waals surface area contributed by atoms with Crippen LogP contribution in [0.5, 0.6) is 11.5 Å². The Kier molecular flexibility index (Phi) is 12.2. The van der Waals surface area contributed by atoms with E-state index < -0.39 is 24.3 Å². The molecule has 8 nitrogen and oxygen atoms in total. The number of thioether (sulfide) groups is 1. The first-order valence-electron chi connectivity index (χ1n) is 12.0. The van der Waals surface area contributed by atoms with Gasteiger partial charge in [0.2, 0.25) is 0 Å². The Morgan fingerprint density at radius 2 is 1.66 bits per heavy atom. The molecule has 0 aliphatic rings. The number of ether oxygens (including phenoxy) is 4. The number of aliphatic hydroxyl groups is 1. The number of carbonyl (C=O) groups excluding carboxylic acids is 2. The van der Waals surface area contributed by atoms with Crippen LogP contribution in [0.4, 0.5) is 10.5 Å². The lowest BCUT2D eigenvalue weighted by atomic mass is 10.0. The van der Waals surface area contributed by atoms with E-state index in [0.717, 1.165) is 4.90 Å². The summed E-state index contributed by atoms with van der Waals surface area (Å²) in [4.78, 5) is 25.7. The lowest BCUT2D eigenvalue weighted by Gasteiger charge is -2.28. The van der Waals surface area contributed by atoms with Crippen molar-refractivity contribution in [2.75, 3.05) is 37.1 Å². The zero-order valence-electron chi connectivity index (χ0n) is 20.9. The Hall–Kier alpha value is -3.34. The van der Waals surface area contributed by atoms with Crippen LogP contribution in [0, 0.1) is 0 Å². The molecule has 38 heavy (non-hydrogen) atoms. The first-order valence-corrected chi connectivity index (χ1v) is 13.8. The highest BCUT2D eigenvalue weighted by molar-refractivity contribution is 7.98. The number of carbonyl (C=O) groups is 2. The molecule has 0 aliphatic carbocycles. The third kappa shape index (κ3) is 9.51. The molecule has 2 N–H and O–H groups in total. The summed E-state index contributed by atoms with van der Waals surface area (Å²) < 4.78 is 22.9. The van der Waals surface area contributed by atoms with Crippen molar-refractivity contribution in [1.29, 1.82) is 0 Å². The summed E-state index contributed by atoms with van der Waals surface area (Å²) in [5.41, 5.74) is 1.23. The fourth-order valence-corrected chi connectivity index (χ4v) is 3.99. The maximum Gasteiger partial charge on any atom is 0.412 e. The Labute approximate surface area is 232 Å². The van der Waals surface area contributed by atoms with Crippen molar-refractivity contribution >= 4 is 42.1 Å². The molecule has 0 unspecified atom stereocenters. The quantitative estimate of drug-likeness (QED) is 0.138. The van der Waals surface area contributed by atoms with Crippen LogP contribution >= 0.6 is 24.4 Å². The first kappa shape index (κ1) is 29.2. The van der Waals surface area contributed by atoms with E-state index in [-0.39, 0.29) is 32.0 Å². The van der Waals surface area contributed by atoms with Crippen LogP contribution in [0.25, 0.3) is 0 Å². The summed E-state index contributed by atoms with van der Waals surface area (Å²) in [5, 5.41) is 11.8. The summed E-state index contributed by atoms with van der Waals surface area (Å²) in [6.07, 6.45) is 0.00191. The third-order valence-corrected chi connectivity index (χ3v) is 6.30. The van der Waals surface area contributed by atoms with Gasteiger partial charge in [0.25, 0.3) is 0 Å². The molecule has 3 rings (SSSR count). The maximum absolute atomic E-state index is 13.0. The van der Waals surface area contributed by atoms with Gasteiger partial charge in [-0.05, 0) is 60.4 Å². The van der Waals surface area contributed by atoms with Gasteiger partial charge in [-0.15, -0.1) is 11.8 Å². The van der Waals surface area contributed by atoms with Crippen LogP contribution in [-0.2, 0) is 14.3 Å². The van der Waals surface area contributed by atoms with Gasteiger partial charge in [0.1, 0.15) is 24.2 Å². The number of aliphatic hydroxyl groups excluding tert-OH is 1. The molecule has 0 saturated heterocycles. The van der Waals surface area contributed by atoms with Gasteiger partial charge in [-0.3, -0.25) is 10.1 Å².